The number of benzene rings is 2. The lowest BCUT2D eigenvalue weighted by Crippen LogP contribution is -2.27. The van der Waals surface area contributed by atoms with Gasteiger partial charge in [0, 0.05) is 24.1 Å². The third kappa shape index (κ3) is 6.52. The molecule has 2 unspecified atom stereocenters. The molecule has 0 aliphatic heterocycles. The lowest BCUT2D eigenvalue weighted by Gasteiger charge is -2.22. The van der Waals surface area contributed by atoms with Gasteiger partial charge in [0.25, 0.3) is 5.69 Å². The molecule has 1 aliphatic carbocycles. The smallest absolute Gasteiger partial charge is 0.413 e. The molecule has 194 valence electrons. The average Bonchev–Trinajstić information content (AvgIpc) is 3.50. The Kier molecular flexibility index (Phi) is 7.56. The van der Waals surface area contributed by atoms with Gasteiger partial charge in [-0.25, -0.2) is 14.3 Å². The second-order valence-corrected chi connectivity index (χ2v) is 10.1. The normalized spacial score (nSPS) is 17.3. The molecule has 1 amide bonds. The molecule has 10 nitrogen and oxygen atoms in total. The van der Waals surface area contributed by atoms with Crippen LogP contribution in [0.4, 0.5) is 16.3 Å². The highest BCUT2D eigenvalue weighted by Gasteiger charge is 2.32. The van der Waals surface area contributed by atoms with E-state index in [2.05, 4.69) is 5.32 Å². The molecule has 2 aromatic carbocycles. The first kappa shape index (κ1) is 25.9. The minimum Gasteiger partial charge on any atom is -0.459 e. The Morgan fingerprint density at radius 2 is 1.81 bits per heavy atom. The van der Waals surface area contributed by atoms with Crippen molar-refractivity contribution in [3.05, 3.63) is 87.6 Å². The third-order valence-electron chi connectivity index (χ3n) is 6.20. The molecule has 1 aliphatic rings. The van der Waals surface area contributed by atoms with Crippen LogP contribution in [0.25, 0.3) is 0 Å². The quantitative estimate of drug-likeness (QED) is 0.244. The number of anilines is 1. The summed E-state index contributed by atoms with van der Waals surface area (Å²) in [5.74, 6) is 0.0790. The molecule has 1 fully saturated rings. The Balaban J connectivity index is 1.39. The van der Waals surface area contributed by atoms with E-state index in [9.17, 15) is 19.7 Å². The zero-order valence-corrected chi connectivity index (χ0v) is 21.0. The van der Waals surface area contributed by atoms with Crippen LogP contribution < -0.4 is 5.32 Å². The molecule has 2 atom stereocenters. The number of ether oxygens (including phenoxy) is 2. The highest BCUT2D eigenvalue weighted by Crippen LogP contribution is 2.37. The van der Waals surface area contributed by atoms with E-state index in [1.54, 1.807) is 4.68 Å². The summed E-state index contributed by atoms with van der Waals surface area (Å²) in [7, 11) is 0. The summed E-state index contributed by atoms with van der Waals surface area (Å²) in [4.78, 5) is 35.3. The van der Waals surface area contributed by atoms with Crippen molar-refractivity contribution in [3.63, 3.8) is 0 Å². The molecule has 0 radical (unpaired) electrons. The van der Waals surface area contributed by atoms with E-state index in [1.807, 2.05) is 57.2 Å². The number of nitro benzene ring substituents is 1. The number of esters is 1. The maximum Gasteiger partial charge on any atom is 0.413 e. The molecule has 0 bridgehead atoms. The van der Waals surface area contributed by atoms with Gasteiger partial charge in [0.15, 0.2) is 0 Å². The molecular formula is C27H30N4O6. The van der Waals surface area contributed by atoms with Crippen molar-refractivity contribution in [2.75, 3.05) is 5.32 Å². The second kappa shape index (κ2) is 10.8. The fourth-order valence-electron chi connectivity index (χ4n) is 4.32. The summed E-state index contributed by atoms with van der Waals surface area (Å²) in [6.45, 7) is 6.14. The lowest BCUT2D eigenvalue weighted by molar-refractivity contribution is -0.384. The predicted molar refractivity (Wildman–Crippen MR) is 136 cm³/mol. The van der Waals surface area contributed by atoms with Gasteiger partial charge < -0.3 is 9.47 Å². The SMILES string of the molecule is CC(C)(C)n1nc(C2CCC(OC(=O)c3ccc([N+](=O)[O-])cc3)C2)cc1NC(=O)OCc1ccccc1. The first-order valence-corrected chi connectivity index (χ1v) is 12.1. The highest BCUT2D eigenvalue weighted by atomic mass is 16.6. The van der Waals surface area contributed by atoms with Crippen LogP contribution in [0.15, 0.2) is 60.7 Å². The number of nitrogens with one attached hydrogen (secondary N) is 1. The van der Waals surface area contributed by atoms with Crippen molar-refractivity contribution in [2.24, 2.45) is 0 Å². The first-order chi connectivity index (χ1) is 17.6. The maximum atomic E-state index is 12.5. The van der Waals surface area contributed by atoms with E-state index >= 15 is 0 Å². The van der Waals surface area contributed by atoms with E-state index in [0.29, 0.717) is 18.7 Å². The molecule has 1 heterocycles. The number of hydrogen-bond acceptors (Lipinski definition) is 7. The minimum absolute atomic E-state index is 0.0548. The molecule has 3 aromatic rings. The van der Waals surface area contributed by atoms with Gasteiger partial charge >= 0.3 is 12.1 Å². The van der Waals surface area contributed by atoms with Gasteiger partial charge in [0.1, 0.15) is 18.5 Å². The number of amides is 1. The fourth-order valence-corrected chi connectivity index (χ4v) is 4.32. The molecule has 4 rings (SSSR count). The molecule has 10 heteroatoms. The fraction of sp³-hybridized carbons (Fsp3) is 0.370. The summed E-state index contributed by atoms with van der Waals surface area (Å²) in [6.07, 6.45) is 1.18. The molecule has 1 aromatic heterocycles. The first-order valence-electron chi connectivity index (χ1n) is 12.1. The Morgan fingerprint density at radius 3 is 2.46 bits per heavy atom. The van der Waals surface area contributed by atoms with Crippen LogP contribution in [-0.4, -0.2) is 32.9 Å². The Morgan fingerprint density at radius 1 is 1.11 bits per heavy atom. The molecule has 1 saturated carbocycles. The number of nitrogens with zero attached hydrogens (tertiary/aromatic N) is 3. The largest absolute Gasteiger partial charge is 0.459 e. The molecular weight excluding hydrogens is 476 g/mol. The predicted octanol–water partition coefficient (Wildman–Crippen LogP) is 5.79. The van der Waals surface area contributed by atoms with Crippen LogP contribution in [-0.2, 0) is 21.6 Å². The van der Waals surface area contributed by atoms with Crippen molar-refractivity contribution in [3.8, 4) is 0 Å². The van der Waals surface area contributed by atoms with Crippen molar-refractivity contribution in [2.45, 2.75) is 64.2 Å². The average molecular weight is 507 g/mol. The van der Waals surface area contributed by atoms with E-state index in [0.717, 1.165) is 17.7 Å². The second-order valence-electron chi connectivity index (χ2n) is 10.1. The lowest BCUT2D eigenvalue weighted by atomic mass is 10.0. The minimum atomic E-state index is -0.567. The Bertz CT molecular complexity index is 1260. The van der Waals surface area contributed by atoms with Crippen LogP contribution >= 0.6 is 0 Å². The van der Waals surface area contributed by atoms with E-state index < -0.39 is 17.0 Å². The van der Waals surface area contributed by atoms with Crippen LogP contribution in [0.5, 0.6) is 0 Å². The van der Waals surface area contributed by atoms with Gasteiger partial charge in [0.2, 0.25) is 0 Å². The molecule has 37 heavy (non-hydrogen) atoms. The van der Waals surface area contributed by atoms with Crippen LogP contribution in [0.1, 0.15) is 67.6 Å². The van der Waals surface area contributed by atoms with Gasteiger partial charge in [-0.1, -0.05) is 30.3 Å². The number of hydrogen-bond donors (Lipinski definition) is 1. The van der Waals surface area contributed by atoms with Crippen molar-refractivity contribution in [1.82, 2.24) is 9.78 Å². The number of rotatable bonds is 7. The summed E-state index contributed by atoms with van der Waals surface area (Å²) >= 11 is 0. The number of non-ortho nitro benzene ring substituents is 1. The monoisotopic (exact) mass is 506 g/mol. The van der Waals surface area contributed by atoms with Crippen molar-refractivity contribution in [1.29, 1.82) is 0 Å². The van der Waals surface area contributed by atoms with Gasteiger partial charge in [-0.05, 0) is 57.7 Å². The maximum absolute atomic E-state index is 12.5. The third-order valence-corrected chi connectivity index (χ3v) is 6.20. The van der Waals surface area contributed by atoms with Crippen LogP contribution in [0.2, 0.25) is 0 Å². The van der Waals surface area contributed by atoms with Crippen molar-refractivity contribution >= 4 is 23.6 Å². The number of carbonyl (C=O) groups is 2. The van der Waals surface area contributed by atoms with Crippen molar-refractivity contribution < 1.29 is 24.0 Å². The Hall–Kier alpha value is -4.21. The summed E-state index contributed by atoms with van der Waals surface area (Å²) in [5, 5.41) is 18.4. The van der Waals surface area contributed by atoms with E-state index in [-0.39, 0.29) is 35.4 Å². The zero-order valence-electron chi connectivity index (χ0n) is 21.0. The summed E-state index contributed by atoms with van der Waals surface area (Å²) < 4.78 is 12.8. The van der Waals surface area contributed by atoms with Gasteiger partial charge in [0.05, 0.1) is 21.7 Å². The molecule has 0 spiro atoms. The standard InChI is InChI=1S/C27H30N4O6/c1-27(2,3)30-24(28-26(33)36-17-18-7-5-4-6-8-18)16-23(29-30)20-11-14-22(15-20)37-25(32)19-9-12-21(13-10-19)31(34)35/h4-10,12-13,16,20,22H,11,14-15,17H2,1-3H3,(H,28,33). The van der Waals surface area contributed by atoms with Gasteiger partial charge in [-0.2, -0.15) is 5.10 Å². The number of nitro groups is 1. The zero-order chi connectivity index (χ0) is 26.6. The summed E-state index contributed by atoms with van der Waals surface area (Å²) in [5.41, 5.74) is 1.50. The van der Waals surface area contributed by atoms with Gasteiger partial charge in [-0.15, -0.1) is 0 Å². The van der Waals surface area contributed by atoms with Gasteiger partial charge in [-0.3, -0.25) is 15.4 Å². The molecule has 0 saturated heterocycles. The van der Waals surface area contributed by atoms with E-state index in [4.69, 9.17) is 14.6 Å². The van der Waals surface area contributed by atoms with Crippen LogP contribution in [0, 0.1) is 10.1 Å². The highest BCUT2D eigenvalue weighted by molar-refractivity contribution is 5.89. The van der Waals surface area contributed by atoms with Crippen LogP contribution in [0.3, 0.4) is 0 Å². The molecule has 1 N–H and O–H groups in total. The van der Waals surface area contributed by atoms with E-state index in [1.165, 1.54) is 24.3 Å². The topological polar surface area (TPSA) is 126 Å². The Labute approximate surface area is 214 Å². The summed E-state index contributed by atoms with van der Waals surface area (Å²) in [6, 6.07) is 16.6. The number of aromatic nitrogens is 2. The number of carbonyl (C=O) groups excluding carboxylic acids is 2.